The molecule has 0 amide bonds. The molecular formula is C28H27N6+. The Morgan fingerprint density at radius 1 is 0.588 bits per heavy atom. The Balaban J connectivity index is 1.66. The van der Waals surface area contributed by atoms with E-state index in [9.17, 15) is 0 Å². The summed E-state index contributed by atoms with van der Waals surface area (Å²) in [4.78, 5) is 9.10. The van der Waals surface area contributed by atoms with Crippen LogP contribution in [-0.2, 0) is 0 Å². The molecule has 0 fully saturated rings. The Kier molecular flexibility index (Phi) is 5.64. The van der Waals surface area contributed by atoms with E-state index in [1.165, 1.54) is 0 Å². The van der Waals surface area contributed by atoms with Gasteiger partial charge in [0.2, 0.25) is 16.7 Å². The minimum atomic E-state index is 0.777. The highest BCUT2D eigenvalue weighted by Crippen LogP contribution is 2.26. The predicted octanol–water partition coefficient (Wildman–Crippen LogP) is 6.21. The van der Waals surface area contributed by atoms with Crippen LogP contribution in [0.5, 0.6) is 0 Å². The molecule has 6 nitrogen and oxygen atoms in total. The molecule has 6 heteroatoms. The first-order chi connectivity index (χ1) is 16.5. The van der Waals surface area contributed by atoms with Gasteiger partial charge >= 0.3 is 0 Å². The molecule has 34 heavy (non-hydrogen) atoms. The number of rotatable bonds is 5. The van der Waals surface area contributed by atoms with Crippen LogP contribution in [0.4, 0.5) is 22.7 Å². The van der Waals surface area contributed by atoms with Crippen LogP contribution in [0.25, 0.3) is 27.8 Å². The van der Waals surface area contributed by atoms with Crippen LogP contribution in [0, 0.1) is 0 Å². The Morgan fingerprint density at radius 2 is 1.15 bits per heavy atom. The second-order valence-corrected chi connectivity index (χ2v) is 8.63. The van der Waals surface area contributed by atoms with Crippen molar-refractivity contribution in [1.82, 2.24) is 4.98 Å². The van der Waals surface area contributed by atoms with Crippen LogP contribution in [0.15, 0.2) is 101 Å². The Hall–Kier alpha value is -4.32. The van der Waals surface area contributed by atoms with E-state index in [4.69, 9.17) is 4.98 Å². The fourth-order valence-corrected chi connectivity index (χ4v) is 3.96. The number of aromatic nitrogens is 2. The van der Waals surface area contributed by atoms with Crippen LogP contribution in [-0.4, -0.2) is 33.2 Å². The molecule has 0 N–H and O–H groups in total. The first kappa shape index (κ1) is 21.5. The largest absolute Gasteiger partial charge is 0.378 e. The molecule has 4 aromatic carbocycles. The highest BCUT2D eigenvalue weighted by molar-refractivity contribution is 5.85. The molecule has 0 aliphatic carbocycles. The summed E-state index contributed by atoms with van der Waals surface area (Å²) >= 11 is 0. The lowest BCUT2D eigenvalue weighted by Gasteiger charge is -2.13. The summed E-state index contributed by atoms with van der Waals surface area (Å²) in [6.45, 7) is 0. The van der Waals surface area contributed by atoms with Crippen LogP contribution in [0.3, 0.4) is 0 Å². The Bertz CT molecular complexity index is 1490. The quantitative estimate of drug-likeness (QED) is 0.183. The van der Waals surface area contributed by atoms with Gasteiger partial charge in [-0.3, -0.25) is 0 Å². The van der Waals surface area contributed by atoms with Crippen molar-refractivity contribution in [3.05, 3.63) is 91.0 Å². The zero-order valence-corrected chi connectivity index (χ0v) is 19.8. The van der Waals surface area contributed by atoms with Crippen molar-refractivity contribution in [1.29, 1.82) is 0 Å². The Labute approximate surface area is 199 Å². The van der Waals surface area contributed by atoms with E-state index >= 15 is 0 Å². The van der Waals surface area contributed by atoms with Crippen molar-refractivity contribution in [2.45, 2.75) is 0 Å². The molecule has 0 aliphatic heterocycles. The van der Waals surface area contributed by atoms with Crippen molar-refractivity contribution < 1.29 is 4.57 Å². The summed E-state index contributed by atoms with van der Waals surface area (Å²) in [5.41, 5.74) is 8.78. The van der Waals surface area contributed by atoms with Crippen LogP contribution in [0.1, 0.15) is 0 Å². The van der Waals surface area contributed by atoms with Crippen molar-refractivity contribution >= 4 is 44.8 Å². The monoisotopic (exact) mass is 447 g/mol. The smallest absolute Gasteiger partial charge is 0.239 e. The van der Waals surface area contributed by atoms with Gasteiger partial charge in [-0.15, -0.1) is 4.57 Å². The molecule has 1 heterocycles. The van der Waals surface area contributed by atoms with Gasteiger partial charge in [0.25, 0.3) is 0 Å². The maximum absolute atomic E-state index is 4.93. The highest BCUT2D eigenvalue weighted by Gasteiger charge is 2.20. The first-order valence-corrected chi connectivity index (χ1v) is 11.2. The van der Waals surface area contributed by atoms with Gasteiger partial charge in [0.15, 0.2) is 0 Å². The standard InChI is InChI=1S/C28H27N6/c1-32(2)22-13-10-20(11-14-22)30-31-21-12-16-25-27(18-21)34(23-8-6-5-7-9-23)28-19-24(33(3)4)15-17-26(28)29-25/h5-19H,1-4H3/q+1. The molecule has 5 rings (SSSR count). The van der Waals surface area contributed by atoms with Crippen molar-refractivity contribution in [2.75, 3.05) is 38.0 Å². The number of fused-ring (bicyclic) bond motifs is 2. The summed E-state index contributed by atoms with van der Waals surface area (Å²) in [5, 5.41) is 8.98. The molecule has 5 aromatic rings. The molecule has 1 aromatic heterocycles. The number of hydrogen-bond acceptors (Lipinski definition) is 5. The predicted molar refractivity (Wildman–Crippen MR) is 140 cm³/mol. The maximum atomic E-state index is 4.93. The van der Waals surface area contributed by atoms with E-state index in [-0.39, 0.29) is 0 Å². The lowest BCUT2D eigenvalue weighted by molar-refractivity contribution is -0.538. The number of azo groups is 1. The van der Waals surface area contributed by atoms with E-state index in [1.807, 2.05) is 70.7 Å². The van der Waals surface area contributed by atoms with E-state index in [1.54, 1.807) is 0 Å². The SMILES string of the molecule is CN(C)c1ccc(N=Nc2ccc3nc4ccc(N(C)C)cc4[n+](-c4ccccc4)c3c2)cc1. The molecule has 0 unspecified atom stereocenters. The minimum Gasteiger partial charge on any atom is -0.378 e. The zero-order valence-electron chi connectivity index (χ0n) is 19.8. The van der Waals surface area contributed by atoms with Gasteiger partial charge in [-0.1, -0.05) is 18.2 Å². The molecule has 0 atom stereocenters. The van der Waals surface area contributed by atoms with E-state index < -0.39 is 0 Å². The average Bonchev–Trinajstić information content (AvgIpc) is 2.86. The van der Waals surface area contributed by atoms with Crippen LogP contribution < -0.4 is 14.4 Å². The maximum Gasteiger partial charge on any atom is 0.239 e. The first-order valence-electron chi connectivity index (χ1n) is 11.2. The highest BCUT2D eigenvalue weighted by atomic mass is 15.1. The van der Waals surface area contributed by atoms with Gasteiger partial charge in [-0.25, -0.2) is 4.98 Å². The molecule has 0 bridgehead atoms. The summed E-state index contributed by atoms with van der Waals surface area (Å²) < 4.78 is 2.25. The number of hydrogen-bond donors (Lipinski definition) is 0. The number of nitrogens with zero attached hydrogens (tertiary/aromatic N) is 6. The third kappa shape index (κ3) is 4.18. The van der Waals surface area contributed by atoms with Crippen molar-refractivity contribution in [3.63, 3.8) is 0 Å². The van der Waals surface area contributed by atoms with Crippen LogP contribution in [0.2, 0.25) is 0 Å². The summed E-state index contributed by atoms with van der Waals surface area (Å²) in [6.07, 6.45) is 0. The third-order valence-corrected chi connectivity index (χ3v) is 5.82. The Morgan fingerprint density at radius 3 is 1.82 bits per heavy atom. The third-order valence-electron chi connectivity index (χ3n) is 5.82. The minimum absolute atomic E-state index is 0.777. The average molecular weight is 448 g/mol. The number of anilines is 2. The van der Waals surface area contributed by atoms with Crippen molar-refractivity contribution in [2.24, 2.45) is 10.2 Å². The number of benzene rings is 4. The van der Waals surface area contributed by atoms with Gasteiger partial charge < -0.3 is 9.80 Å². The molecular weight excluding hydrogens is 420 g/mol. The molecule has 0 saturated carbocycles. The topological polar surface area (TPSA) is 48.0 Å². The van der Waals surface area contributed by atoms with Gasteiger partial charge in [0, 0.05) is 63.8 Å². The zero-order chi connectivity index (χ0) is 23.7. The molecule has 0 saturated heterocycles. The fraction of sp³-hybridized carbons (Fsp3) is 0.143. The fourth-order valence-electron chi connectivity index (χ4n) is 3.96. The summed E-state index contributed by atoms with van der Waals surface area (Å²) in [7, 11) is 8.14. The van der Waals surface area contributed by atoms with Crippen molar-refractivity contribution in [3.8, 4) is 5.69 Å². The van der Waals surface area contributed by atoms with Gasteiger partial charge in [-0.05, 0) is 48.5 Å². The van der Waals surface area contributed by atoms with E-state index in [0.29, 0.717) is 0 Å². The lowest BCUT2D eigenvalue weighted by atomic mass is 10.2. The molecule has 0 radical (unpaired) electrons. The van der Waals surface area contributed by atoms with E-state index in [2.05, 4.69) is 73.1 Å². The second-order valence-electron chi connectivity index (χ2n) is 8.63. The molecule has 0 spiro atoms. The van der Waals surface area contributed by atoms with Gasteiger partial charge in [-0.2, -0.15) is 10.2 Å². The number of para-hydroxylation sites is 1. The summed E-state index contributed by atoms with van der Waals surface area (Å²) in [6, 6.07) is 30.8. The van der Waals surface area contributed by atoms with Gasteiger partial charge in [0.05, 0.1) is 11.4 Å². The van der Waals surface area contributed by atoms with Gasteiger partial charge in [0.1, 0.15) is 11.0 Å². The summed E-state index contributed by atoms with van der Waals surface area (Å²) in [5.74, 6) is 0. The van der Waals surface area contributed by atoms with E-state index in [0.717, 1.165) is 50.5 Å². The molecule has 168 valence electrons. The lowest BCUT2D eigenvalue weighted by Crippen LogP contribution is -2.33. The van der Waals surface area contributed by atoms with Crippen LogP contribution >= 0.6 is 0 Å². The second kappa shape index (κ2) is 8.90. The normalized spacial score (nSPS) is 11.4. The molecule has 0 aliphatic rings.